The summed E-state index contributed by atoms with van der Waals surface area (Å²) < 4.78 is 8.06. The highest BCUT2D eigenvalue weighted by molar-refractivity contribution is 7.00. The van der Waals surface area contributed by atoms with Crippen LogP contribution in [0.25, 0.3) is 11.0 Å². The van der Waals surface area contributed by atoms with Gasteiger partial charge in [-0.25, -0.2) is 4.79 Å². The Morgan fingerprint density at radius 3 is 2.30 bits per heavy atom. The molecule has 0 spiro atoms. The fourth-order valence-electron chi connectivity index (χ4n) is 2.29. The van der Waals surface area contributed by atoms with Crippen LogP contribution in [0.5, 0.6) is 0 Å². The molecule has 3 aromatic rings. The summed E-state index contributed by atoms with van der Waals surface area (Å²) >= 11 is 1.03. The molecule has 7 nitrogen and oxygen atoms in total. The average molecular weight is 325 g/mol. The van der Waals surface area contributed by atoms with Crippen molar-refractivity contribution in [3.8, 4) is 0 Å². The predicted octanol–water partition coefficient (Wildman–Crippen LogP) is 2.06. The smallest absolute Gasteiger partial charge is 0.324 e. The van der Waals surface area contributed by atoms with Gasteiger partial charge >= 0.3 is 5.97 Å². The molecule has 0 N–H and O–H groups in total. The molecule has 0 aliphatic carbocycles. The molecule has 8 heteroatoms. The van der Waals surface area contributed by atoms with Crippen molar-refractivity contribution >= 4 is 40.5 Å². The number of fused-ring (bicyclic) bond motifs is 2. The molecule has 2 aromatic carbocycles. The van der Waals surface area contributed by atoms with Gasteiger partial charge in [-0.2, -0.15) is 8.75 Å². The Hall–Kier alpha value is -3.13. The van der Waals surface area contributed by atoms with E-state index in [1.54, 1.807) is 18.2 Å². The lowest BCUT2D eigenvalue weighted by Crippen LogP contribution is -2.32. The molecule has 0 unspecified atom stereocenters. The number of hydroxylamine groups is 2. The first kappa shape index (κ1) is 13.5. The summed E-state index contributed by atoms with van der Waals surface area (Å²) in [5.74, 6) is -2.12. The van der Waals surface area contributed by atoms with Gasteiger partial charge in [0.2, 0.25) is 0 Å². The highest BCUT2D eigenvalue weighted by Crippen LogP contribution is 2.23. The highest BCUT2D eigenvalue weighted by atomic mass is 32.1. The molecule has 23 heavy (non-hydrogen) atoms. The first-order valence-corrected chi connectivity index (χ1v) is 7.30. The van der Waals surface area contributed by atoms with E-state index in [9.17, 15) is 14.4 Å². The molecule has 2 heterocycles. The molecule has 112 valence electrons. The van der Waals surface area contributed by atoms with Crippen molar-refractivity contribution in [1.29, 1.82) is 0 Å². The molecule has 0 saturated heterocycles. The monoisotopic (exact) mass is 325 g/mol. The zero-order chi connectivity index (χ0) is 16.0. The van der Waals surface area contributed by atoms with E-state index in [4.69, 9.17) is 4.84 Å². The molecule has 1 aliphatic heterocycles. The Labute approximate surface area is 133 Å². The van der Waals surface area contributed by atoms with E-state index >= 15 is 0 Å². The van der Waals surface area contributed by atoms with Crippen LogP contribution in [-0.2, 0) is 4.84 Å². The third-order valence-corrected chi connectivity index (χ3v) is 3.98. The number of carbonyl (C=O) groups is 3. The number of benzene rings is 2. The fourth-order valence-corrected chi connectivity index (χ4v) is 2.81. The summed E-state index contributed by atoms with van der Waals surface area (Å²) in [6.45, 7) is 0. The van der Waals surface area contributed by atoms with Gasteiger partial charge in [0, 0.05) is 0 Å². The number of carbonyl (C=O) groups excluding carboxylic acids is 3. The van der Waals surface area contributed by atoms with Crippen molar-refractivity contribution in [2.24, 2.45) is 0 Å². The minimum Gasteiger partial charge on any atom is -0.324 e. The Morgan fingerprint density at radius 2 is 1.61 bits per heavy atom. The quantitative estimate of drug-likeness (QED) is 0.670. The summed E-state index contributed by atoms with van der Waals surface area (Å²) in [6, 6.07) is 10.9. The van der Waals surface area contributed by atoms with Crippen molar-refractivity contribution in [3.63, 3.8) is 0 Å². The van der Waals surface area contributed by atoms with Crippen LogP contribution in [0.15, 0.2) is 42.5 Å². The average Bonchev–Trinajstić information content (AvgIpc) is 3.13. The number of aromatic nitrogens is 2. The molecule has 1 aliphatic rings. The maximum Gasteiger partial charge on any atom is 0.364 e. The van der Waals surface area contributed by atoms with Gasteiger partial charge in [-0.3, -0.25) is 9.59 Å². The molecular formula is C15H7N3O4S. The lowest BCUT2D eigenvalue weighted by molar-refractivity contribution is -0.0584. The van der Waals surface area contributed by atoms with Gasteiger partial charge in [0.1, 0.15) is 11.0 Å². The first-order chi connectivity index (χ1) is 11.1. The van der Waals surface area contributed by atoms with Gasteiger partial charge in [0.15, 0.2) is 0 Å². The molecular weight excluding hydrogens is 318 g/mol. The maximum absolute atomic E-state index is 12.2. The summed E-state index contributed by atoms with van der Waals surface area (Å²) in [5, 5.41) is 0.483. The lowest BCUT2D eigenvalue weighted by atomic mass is 10.1. The van der Waals surface area contributed by atoms with Crippen LogP contribution in [-0.4, -0.2) is 31.6 Å². The number of hydrogen-bond donors (Lipinski definition) is 0. The summed E-state index contributed by atoms with van der Waals surface area (Å²) in [7, 11) is 0. The van der Waals surface area contributed by atoms with Gasteiger partial charge in [-0.15, -0.1) is 0 Å². The maximum atomic E-state index is 12.2. The molecule has 2 amide bonds. The van der Waals surface area contributed by atoms with E-state index in [-0.39, 0.29) is 16.7 Å². The summed E-state index contributed by atoms with van der Waals surface area (Å²) in [6.07, 6.45) is 0. The van der Waals surface area contributed by atoms with Crippen molar-refractivity contribution < 1.29 is 19.2 Å². The second-order valence-electron chi connectivity index (χ2n) is 4.80. The van der Waals surface area contributed by atoms with Gasteiger partial charge in [0.25, 0.3) is 11.8 Å². The normalized spacial score (nSPS) is 13.5. The van der Waals surface area contributed by atoms with Crippen molar-refractivity contribution in [1.82, 2.24) is 13.8 Å². The number of hydrogen-bond acceptors (Lipinski definition) is 7. The third kappa shape index (κ3) is 2.08. The van der Waals surface area contributed by atoms with Crippen LogP contribution < -0.4 is 0 Å². The molecule has 1 aromatic heterocycles. The summed E-state index contributed by atoms with van der Waals surface area (Å²) in [4.78, 5) is 41.5. The minimum atomic E-state index is -0.811. The van der Waals surface area contributed by atoms with Crippen LogP contribution in [0.3, 0.4) is 0 Å². The summed E-state index contributed by atoms with van der Waals surface area (Å²) in [5.41, 5.74) is 1.81. The number of amides is 2. The number of nitrogens with zero attached hydrogens (tertiary/aromatic N) is 3. The zero-order valence-corrected chi connectivity index (χ0v) is 12.2. The Morgan fingerprint density at radius 1 is 0.957 bits per heavy atom. The second-order valence-corrected chi connectivity index (χ2v) is 5.33. The highest BCUT2D eigenvalue weighted by Gasteiger charge is 2.38. The van der Waals surface area contributed by atoms with Gasteiger partial charge < -0.3 is 4.84 Å². The van der Waals surface area contributed by atoms with Crippen molar-refractivity contribution in [2.45, 2.75) is 0 Å². The molecule has 0 radical (unpaired) electrons. The van der Waals surface area contributed by atoms with Crippen LogP contribution in [0.2, 0.25) is 0 Å². The largest absolute Gasteiger partial charge is 0.364 e. The SMILES string of the molecule is O=C(ON1C(=O)c2ccccc2C1=O)c1ccc2nsnc2c1. The number of imide groups is 1. The Balaban J connectivity index is 1.62. The van der Waals surface area contributed by atoms with Gasteiger partial charge in [0.05, 0.1) is 28.4 Å². The minimum absolute atomic E-state index is 0.182. The van der Waals surface area contributed by atoms with Crippen molar-refractivity contribution in [2.75, 3.05) is 0 Å². The van der Waals surface area contributed by atoms with Gasteiger partial charge in [-0.1, -0.05) is 17.2 Å². The second kappa shape index (κ2) is 4.96. The van der Waals surface area contributed by atoms with Crippen molar-refractivity contribution in [3.05, 3.63) is 59.2 Å². The standard InChI is InChI=1S/C15H7N3O4S/c19-13-9-3-1-2-4-10(9)14(20)18(13)22-15(21)8-5-6-11-12(7-8)17-23-16-11/h1-7H. The molecule has 0 atom stereocenters. The predicted molar refractivity (Wildman–Crippen MR) is 79.8 cm³/mol. The van der Waals surface area contributed by atoms with Crippen LogP contribution in [0.4, 0.5) is 0 Å². The van der Waals surface area contributed by atoms with E-state index in [1.165, 1.54) is 24.3 Å². The van der Waals surface area contributed by atoms with Crippen LogP contribution in [0, 0.1) is 0 Å². The topological polar surface area (TPSA) is 89.5 Å². The van der Waals surface area contributed by atoms with E-state index in [0.717, 1.165) is 11.7 Å². The lowest BCUT2D eigenvalue weighted by Gasteiger charge is -2.12. The van der Waals surface area contributed by atoms with E-state index < -0.39 is 17.8 Å². The zero-order valence-electron chi connectivity index (χ0n) is 11.4. The van der Waals surface area contributed by atoms with Gasteiger partial charge in [-0.05, 0) is 30.3 Å². The number of rotatable bonds is 2. The Bertz CT molecular complexity index is 947. The molecule has 0 saturated carbocycles. The molecule has 0 bridgehead atoms. The fraction of sp³-hybridized carbons (Fsp3) is 0. The van der Waals surface area contributed by atoms with Crippen LogP contribution >= 0.6 is 11.7 Å². The van der Waals surface area contributed by atoms with E-state index in [0.29, 0.717) is 16.1 Å². The third-order valence-electron chi connectivity index (χ3n) is 3.42. The van der Waals surface area contributed by atoms with Crippen LogP contribution in [0.1, 0.15) is 31.1 Å². The Kier molecular flexibility index (Phi) is 2.91. The van der Waals surface area contributed by atoms with E-state index in [1.807, 2.05) is 0 Å². The van der Waals surface area contributed by atoms with E-state index in [2.05, 4.69) is 8.75 Å². The molecule has 0 fully saturated rings. The first-order valence-electron chi connectivity index (χ1n) is 6.57. The molecule has 4 rings (SSSR count).